The van der Waals surface area contributed by atoms with E-state index in [9.17, 15) is 4.79 Å². The largest absolute Gasteiger partial charge is 0.322 e. The molecule has 0 spiro atoms. The van der Waals surface area contributed by atoms with E-state index in [-0.39, 0.29) is 5.91 Å². The molecule has 1 N–H and O–H groups in total. The minimum atomic E-state index is -0.151. The Hall–Kier alpha value is -2.94. The molecule has 3 heteroatoms. The van der Waals surface area contributed by atoms with Gasteiger partial charge in [-0.1, -0.05) is 36.4 Å². The fourth-order valence-corrected chi connectivity index (χ4v) is 2.27. The lowest BCUT2D eigenvalue weighted by atomic mass is 10.1. The van der Waals surface area contributed by atoms with E-state index in [0.29, 0.717) is 0 Å². The average molecular weight is 288 g/mol. The Morgan fingerprint density at radius 2 is 1.91 bits per heavy atom. The lowest BCUT2D eigenvalue weighted by molar-refractivity contribution is -0.111. The number of aryl methyl sites for hydroxylation is 1. The van der Waals surface area contributed by atoms with E-state index in [4.69, 9.17) is 0 Å². The van der Waals surface area contributed by atoms with E-state index in [1.807, 2.05) is 31.2 Å². The summed E-state index contributed by atoms with van der Waals surface area (Å²) in [4.78, 5) is 16.0. The van der Waals surface area contributed by atoms with Crippen molar-refractivity contribution in [2.24, 2.45) is 0 Å². The summed E-state index contributed by atoms with van der Waals surface area (Å²) in [6.45, 7) is 1.91. The molecule has 0 unspecified atom stereocenters. The number of rotatable bonds is 3. The number of carbonyl (C=O) groups excluding carboxylic acids is 1. The highest BCUT2D eigenvalue weighted by molar-refractivity contribution is 6.02. The molecule has 0 bridgehead atoms. The number of nitrogens with one attached hydrogen (secondary N) is 1. The summed E-state index contributed by atoms with van der Waals surface area (Å²) >= 11 is 0. The van der Waals surface area contributed by atoms with Gasteiger partial charge < -0.3 is 5.32 Å². The number of anilines is 1. The molecule has 0 aliphatic carbocycles. The number of aromatic nitrogens is 1. The summed E-state index contributed by atoms with van der Waals surface area (Å²) in [5.74, 6) is -0.151. The van der Waals surface area contributed by atoms with Crippen molar-refractivity contribution >= 4 is 28.4 Å². The standard InChI is InChI=1S/C19H16N2O/c1-14-13-20-11-10-18(14)21-19(22)9-7-15-6-8-16-4-2-3-5-17(16)12-15/h2-13H,1H3,(H,20,21,22)/b9-7+. The van der Waals surface area contributed by atoms with E-state index >= 15 is 0 Å². The molecule has 3 rings (SSSR count). The van der Waals surface area contributed by atoms with Crippen molar-refractivity contribution in [1.29, 1.82) is 0 Å². The number of carbonyl (C=O) groups is 1. The third-order valence-corrected chi connectivity index (χ3v) is 3.48. The Kier molecular flexibility index (Phi) is 3.97. The van der Waals surface area contributed by atoms with Gasteiger partial charge in [-0.15, -0.1) is 0 Å². The molecule has 0 aliphatic heterocycles. The van der Waals surface area contributed by atoms with Gasteiger partial charge in [-0.3, -0.25) is 9.78 Å². The summed E-state index contributed by atoms with van der Waals surface area (Å²) in [6.07, 6.45) is 6.75. The zero-order chi connectivity index (χ0) is 15.4. The second-order valence-electron chi connectivity index (χ2n) is 5.12. The molecule has 3 nitrogen and oxygen atoms in total. The first kappa shape index (κ1) is 14.0. The number of hydrogen-bond donors (Lipinski definition) is 1. The van der Waals surface area contributed by atoms with Crippen LogP contribution in [0.2, 0.25) is 0 Å². The molecule has 1 heterocycles. The van der Waals surface area contributed by atoms with E-state index < -0.39 is 0 Å². The smallest absolute Gasteiger partial charge is 0.248 e. The molecule has 2 aromatic carbocycles. The Morgan fingerprint density at radius 3 is 2.73 bits per heavy atom. The summed E-state index contributed by atoms with van der Waals surface area (Å²) in [5, 5.41) is 5.21. The molecule has 1 aromatic heterocycles. The minimum absolute atomic E-state index is 0.151. The predicted molar refractivity (Wildman–Crippen MR) is 90.6 cm³/mol. The molecular weight excluding hydrogens is 272 g/mol. The topological polar surface area (TPSA) is 42.0 Å². The maximum Gasteiger partial charge on any atom is 0.248 e. The van der Waals surface area contributed by atoms with Crippen LogP contribution in [0.5, 0.6) is 0 Å². The molecule has 3 aromatic rings. The maximum absolute atomic E-state index is 12.0. The van der Waals surface area contributed by atoms with Crippen LogP contribution in [0.4, 0.5) is 5.69 Å². The quantitative estimate of drug-likeness (QED) is 0.734. The van der Waals surface area contributed by atoms with Crippen molar-refractivity contribution in [1.82, 2.24) is 4.98 Å². The van der Waals surface area contributed by atoms with E-state index in [1.165, 1.54) is 5.39 Å². The first-order chi connectivity index (χ1) is 10.7. The van der Waals surface area contributed by atoms with Gasteiger partial charge in [0, 0.05) is 24.2 Å². The van der Waals surface area contributed by atoms with Gasteiger partial charge in [-0.2, -0.15) is 0 Å². The SMILES string of the molecule is Cc1cnccc1NC(=O)/C=C/c1ccc2ccccc2c1. The summed E-state index contributed by atoms with van der Waals surface area (Å²) in [7, 11) is 0. The van der Waals surface area contributed by atoms with Gasteiger partial charge in [0.05, 0.1) is 0 Å². The van der Waals surface area contributed by atoms with Crippen LogP contribution in [0.15, 0.2) is 67.0 Å². The normalized spacial score (nSPS) is 11.0. The van der Waals surface area contributed by atoms with Crippen LogP contribution in [-0.4, -0.2) is 10.9 Å². The number of hydrogen-bond acceptors (Lipinski definition) is 2. The third-order valence-electron chi connectivity index (χ3n) is 3.48. The van der Waals surface area contributed by atoms with Gasteiger partial charge in [0.2, 0.25) is 5.91 Å². The summed E-state index contributed by atoms with van der Waals surface area (Å²) in [6, 6.07) is 16.1. The van der Waals surface area contributed by atoms with Gasteiger partial charge in [0.1, 0.15) is 0 Å². The van der Waals surface area contributed by atoms with Crippen molar-refractivity contribution in [3.63, 3.8) is 0 Å². The molecule has 0 saturated carbocycles. The molecule has 0 atom stereocenters. The van der Waals surface area contributed by atoms with Crippen LogP contribution >= 0.6 is 0 Å². The fraction of sp³-hybridized carbons (Fsp3) is 0.0526. The number of benzene rings is 2. The number of amides is 1. The highest BCUT2D eigenvalue weighted by atomic mass is 16.1. The highest BCUT2D eigenvalue weighted by Gasteiger charge is 2.01. The Labute approximate surface area is 129 Å². The van der Waals surface area contributed by atoms with Gasteiger partial charge in [-0.05, 0) is 47.0 Å². The molecule has 0 saturated heterocycles. The molecule has 108 valence electrons. The maximum atomic E-state index is 12.0. The lowest BCUT2D eigenvalue weighted by Gasteiger charge is -2.04. The molecule has 0 radical (unpaired) electrons. The van der Waals surface area contributed by atoms with Crippen molar-refractivity contribution in [3.8, 4) is 0 Å². The Balaban J connectivity index is 1.75. The second kappa shape index (κ2) is 6.22. The monoisotopic (exact) mass is 288 g/mol. The van der Waals surface area contributed by atoms with Crippen LogP contribution in [0.25, 0.3) is 16.8 Å². The van der Waals surface area contributed by atoms with Gasteiger partial charge in [-0.25, -0.2) is 0 Å². The Morgan fingerprint density at radius 1 is 1.09 bits per heavy atom. The minimum Gasteiger partial charge on any atom is -0.322 e. The zero-order valence-electron chi connectivity index (χ0n) is 12.3. The molecule has 1 amide bonds. The number of nitrogens with zero attached hydrogens (tertiary/aromatic N) is 1. The molecule has 0 aliphatic rings. The van der Waals surface area contributed by atoms with Gasteiger partial charge in [0.15, 0.2) is 0 Å². The van der Waals surface area contributed by atoms with Gasteiger partial charge in [0.25, 0.3) is 0 Å². The van der Waals surface area contributed by atoms with Crippen molar-refractivity contribution in [2.75, 3.05) is 5.32 Å². The predicted octanol–water partition coefficient (Wildman–Crippen LogP) is 4.20. The van der Waals surface area contributed by atoms with E-state index in [0.717, 1.165) is 22.2 Å². The second-order valence-corrected chi connectivity index (χ2v) is 5.12. The van der Waals surface area contributed by atoms with Gasteiger partial charge >= 0.3 is 0 Å². The fourth-order valence-electron chi connectivity index (χ4n) is 2.27. The molecular formula is C19H16N2O. The van der Waals surface area contributed by atoms with Crippen LogP contribution in [0.3, 0.4) is 0 Å². The molecule has 22 heavy (non-hydrogen) atoms. The number of pyridine rings is 1. The third kappa shape index (κ3) is 3.20. The Bertz CT molecular complexity index is 853. The molecule has 0 fully saturated rings. The summed E-state index contributed by atoms with van der Waals surface area (Å²) < 4.78 is 0. The number of fused-ring (bicyclic) bond motifs is 1. The zero-order valence-corrected chi connectivity index (χ0v) is 12.3. The van der Waals surface area contributed by atoms with E-state index in [1.54, 1.807) is 24.5 Å². The average Bonchev–Trinajstić information content (AvgIpc) is 2.55. The highest BCUT2D eigenvalue weighted by Crippen LogP contribution is 2.17. The van der Waals surface area contributed by atoms with Crippen LogP contribution < -0.4 is 5.32 Å². The van der Waals surface area contributed by atoms with Crippen molar-refractivity contribution < 1.29 is 4.79 Å². The van der Waals surface area contributed by atoms with Crippen LogP contribution in [0, 0.1) is 6.92 Å². The first-order valence-electron chi connectivity index (χ1n) is 7.11. The van der Waals surface area contributed by atoms with Crippen LogP contribution in [-0.2, 0) is 4.79 Å². The van der Waals surface area contributed by atoms with Crippen molar-refractivity contribution in [2.45, 2.75) is 6.92 Å². The van der Waals surface area contributed by atoms with E-state index in [2.05, 4.69) is 34.6 Å². The summed E-state index contributed by atoms with van der Waals surface area (Å²) in [5.41, 5.74) is 2.72. The van der Waals surface area contributed by atoms with Crippen LogP contribution in [0.1, 0.15) is 11.1 Å². The first-order valence-corrected chi connectivity index (χ1v) is 7.11. The lowest BCUT2D eigenvalue weighted by Crippen LogP contribution is -2.08. The van der Waals surface area contributed by atoms with Crippen molar-refractivity contribution in [3.05, 3.63) is 78.1 Å².